The maximum absolute atomic E-state index is 13.0. The van der Waals surface area contributed by atoms with E-state index in [0.717, 1.165) is 18.8 Å². The Labute approximate surface area is 202 Å². The van der Waals surface area contributed by atoms with E-state index in [1.54, 1.807) is 48.7 Å². The summed E-state index contributed by atoms with van der Waals surface area (Å²) >= 11 is 1.22. The fraction of sp³-hybridized carbons (Fsp3) is 0.360. The highest BCUT2D eigenvalue weighted by Crippen LogP contribution is 2.21. The van der Waals surface area contributed by atoms with Gasteiger partial charge in [-0.3, -0.25) is 9.59 Å². The molecule has 34 heavy (non-hydrogen) atoms. The van der Waals surface area contributed by atoms with Crippen LogP contribution in [0.1, 0.15) is 48.4 Å². The molecule has 0 aliphatic rings. The van der Waals surface area contributed by atoms with Crippen molar-refractivity contribution >= 4 is 45.1 Å². The predicted octanol–water partition coefficient (Wildman–Crippen LogP) is 4.03. The number of aromatic nitrogens is 1. The quantitative estimate of drug-likeness (QED) is 0.427. The third-order valence-corrected chi connectivity index (χ3v) is 6.27. The molecule has 8 nitrogen and oxygen atoms in total. The van der Waals surface area contributed by atoms with E-state index in [4.69, 9.17) is 9.47 Å². The van der Waals surface area contributed by atoms with Gasteiger partial charge >= 0.3 is 11.9 Å². The molecule has 3 rings (SSSR count). The number of carbonyl (C=O) groups is 3. The average molecular weight is 484 g/mol. The van der Waals surface area contributed by atoms with Gasteiger partial charge in [-0.25, -0.2) is 4.79 Å². The molecule has 1 aromatic heterocycles. The second kappa shape index (κ2) is 11.6. The number of amides is 1. The number of rotatable bonds is 9. The molecule has 0 spiro atoms. The molecule has 2 aromatic carbocycles. The molecule has 0 fully saturated rings. The van der Waals surface area contributed by atoms with Gasteiger partial charge in [-0.2, -0.15) is 4.99 Å². The summed E-state index contributed by atoms with van der Waals surface area (Å²) < 4.78 is 12.5. The fourth-order valence-electron chi connectivity index (χ4n) is 3.54. The Morgan fingerprint density at radius 2 is 1.56 bits per heavy atom. The Kier molecular flexibility index (Phi) is 8.59. The maximum atomic E-state index is 13.0. The molecular weight excluding hydrogens is 454 g/mol. The number of hydrogen-bond acceptors (Lipinski definition) is 7. The molecule has 0 aliphatic carbocycles. The van der Waals surface area contributed by atoms with Gasteiger partial charge in [-0.1, -0.05) is 11.3 Å². The molecular formula is C25H29N3O5S. The lowest BCUT2D eigenvalue weighted by molar-refractivity contribution is -0.143. The van der Waals surface area contributed by atoms with Gasteiger partial charge in [0.15, 0.2) is 4.80 Å². The first kappa shape index (κ1) is 25.2. The number of hydrogen-bond donors (Lipinski definition) is 0. The Morgan fingerprint density at radius 3 is 2.18 bits per heavy atom. The molecule has 1 heterocycles. The standard InChI is InChI=1S/C25H29N3O5S/c1-5-27(6-2)19-12-9-17(10-13-19)23(30)26-25-28(16-22(29)32-7-3)20-14-11-18(15-21(20)34-25)24(31)33-8-4/h9-15H,5-8,16H2,1-4H3. The second-order valence-electron chi connectivity index (χ2n) is 7.31. The molecule has 0 aliphatic heterocycles. The lowest BCUT2D eigenvalue weighted by atomic mass is 10.2. The zero-order chi connectivity index (χ0) is 24.7. The minimum Gasteiger partial charge on any atom is -0.465 e. The number of ether oxygens (including phenoxy) is 2. The summed E-state index contributed by atoms with van der Waals surface area (Å²) in [6, 6.07) is 12.3. The van der Waals surface area contributed by atoms with Gasteiger partial charge in [-0.15, -0.1) is 0 Å². The van der Waals surface area contributed by atoms with E-state index in [1.807, 2.05) is 12.1 Å². The van der Waals surface area contributed by atoms with Gasteiger partial charge in [0.2, 0.25) is 0 Å². The van der Waals surface area contributed by atoms with Crippen molar-refractivity contribution in [2.45, 2.75) is 34.2 Å². The van der Waals surface area contributed by atoms with Crippen molar-refractivity contribution in [3.05, 3.63) is 58.4 Å². The summed E-state index contributed by atoms with van der Waals surface area (Å²) in [5.74, 6) is -1.28. The lowest BCUT2D eigenvalue weighted by Crippen LogP contribution is -2.23. The summed E-state index contributed by atoms with van der Waals surface area (Å²) in [5.41, 5.74) is 2.55. The van der Waals surface area contributed by atoms with Crippen LogP contribution in [0.15, 0.2) is 47.5 Å². The molecule has 0 N–H and O–H groups in total. The second-order valence-corrected chi connectivity index (χ2v) is 8.32. The number of fused-ring (bicyclic) bond motifs is 1. The minimum absolute atomic E-state index is 0.0976. The number of benzene rings is 2. The Balaban J connectivity index is 2.03. The van der Waals surface area contributed by atoms with Crippen molar-refractivity contribution in [2.75, 3.05) is 31.2 Å². The smallest absolute Gasteiger partial charge is 0.338 e. The Bertz CT molecular complexity index is 1240. The van der Waals surface area contributed by atoms with E-state index in [9.17, 15) is 14.4 Å². The maximum Gasteiger partial charge on any atom is 0.338 e. The van der Waals surface area contributed by atoms with Crippen molar-refractivity contribution in [1.29, 1.82) is 0 Å². The van der Waals surface area contributed by atoms with Crippen molar-refractivity contribution in [3.8, 4) is 0 Å². The van der Waals surface area contributed by atoms with Gasteiger partial charge in [-0.05, 0) is 70.2 Å². The monoisotopic (exact) mass is 483 g/mol. The van der Waals surface area contributed by atoms with Crippen LogP contribution in [-0.4, -0.2) is 48.7 Å². The molecule has 180 valence electrons. The molecule has 0 radical (unpaired) electrons. The van der Waals surface area contributed by atoms with Crippen molar-refractivity contribution < 1.29 is 23.9 Å². The molecule has 0 saturated heterocycles. The van der Waals surface area contributed by atoms with Crippen LogP contribution >= 0.6 is 11.3 Å². The summed E-state index contributed by atoms with van der Waals surface area (Å²) in [4.78, 5) is 44.2. The molecule has 0 atom stereocenters. The van der Waals surface area contributed by atoms with Crippen molar-refractivity contribution in [3.63, 3.8) is 0 Å². The van der Waals surface area contributed by atoms with E-state index in [0.29, 0.717) is 26.1 Å². The van der Waals surface area contributed by atoms with Gasteiger partial charge in [0, 0.05) is 24.3 Å². The van der Waals surface area contributed by atoms with Crippen LogP contribution in [0.5, 0.6) is 0 Å². The van der Waals surface area contributed by atoms with E-state index in [2.05, 4.69) is 23.7 Å². The van der Waals surface area contributed by atoms with E-state index < -0.39 is 17.8 Å². The summed E-state index contributed by atoms with van der Waals surface area (Å²) in [6.45, 7) is 9.80. The molecule has 0 saturated carbocycles. The minimum atomic E-state index is -0.436. The third kappa shape index (κ3) is 5.72. The lowest BCUT2D eigenvalue weighted by Gasteiger charge is -2.20. The topological polar surface area (TPSA) is 90.2 Å². The van der Waals surface area contributed by atoms with E-state index >= 15 is 0 Å². The third-order valence-electron chi connectivity index (χ3n) is 5.23. The highest BCUT2D eigenvalue weighted by atomic mass is 32.1. The summed E-state index contributed by atoms with van der Waals surface area (Å²) in [7, 11) is 0. The van der Waals surface area contributed by atoms with E-state index in [-0.39, 0.29) is 19.8 Å². The van der Waals surface area contributed by atoms with Crippen LogP contribution < -0.4 is 9.70 Å². The largest absolute Gasteiger partial charge is 0.465 e. The van der Waals surface area contributed by atoms with Crippen LogP contribution in [0.4, 0.5) is 5.69 Å². The molecule has 1 amide bonds. The summed E-state index contributed by atoms with van der Waals surface area (Å²) in [5, 5.41) is 0. The van der Waals surface area contributed by atoms with Crippen LogP contribution in [0.3, 0.4) is 0 Å². The first-order chi connectivity index (χ1) is 16.4. The normalized spacial score (nSPS) is 11.5. The van der Waals surface area contributed by atoms with Gasteiger partial charge < -0.3 is 18.9 Å². The number of anilines is 1. The first-order valence-electron chi connectivity index (χ1n) is 11.3. The van der Waals surface area contributed by atoms with Gasteiger partial charge in [0.05, 0.1) is 29.0 Å². The zero-order valence-corrected chi connectivity index (χ0v) is 20.7. The number of nitrogens with zero attached hydrogens (tertiary/aromatic N) is 3. The van der Waals surface area contributed by atoms with Gasteiger partial charge in [0.1, 0.15) is 6.54 Å². The zero-order valence-electron chi connectivity index (χ0n) is 19.9. The SMILES string of the molecule is CCOC(=O)Cn1c(=NC(=O)c2ccc(N(CC)CC)cc2)sc2cc(C(=O)OCC)ccc21. The van der Waals surface area contributed by atoms with Gasteiger partial charge in [0.25, 0.3) is 5.91 Å². The highest BCUT2D eigenvalue weighted by molar-refractivity contribution is 7.16. The summed E-state index contributed by atoms with van der Waals surface area (Å²) in [6.07, 6.45) is 0. The average Bonchev–Trinajstić information content (AvgIpc) is 3.16. The molecule has 0 bridgehead atoms. The predicted molar refractivity (Wildman–Crippen MR) is 132 cm³/mol. The van der Waals surface area contributed by atoms with Crippen molar-refractivity contribution in [2.24, 2.45) is 4.99 Å². The Morgan fingerprint density at radius 1 is 0.912 bits per heavy atom. The highest BCUT2D eigenvalue weighted by Gasteiger charge is 2.16. The van der Waals surface area contributed by atoms with Crippen molar-refractivity contribution in [1.82, 2.24) is 4.57 Å². The van der Waals surface area contributed by atoms with Crippen LogP contribution in [0.25, 0.3) is 10.2 Å². The number of carbonyl (C=O) groups excluding carboxylic acids is 3. The first-order valence-corrected chi connectivity index (χ1v) is 12.1. The van der Waals surface area contributed by atoms with Crippen LogP contribution in [0.2, 0.25) is 0 Å². The van der Waals surface area contributed by atoms with E-state index in [1.165, 1.54) is 11.3 Å². The van der Waals surface area contributed by atoms with Crippen LogP contribution in [-0.2, 0) is 20.8 Å². The molecule has 3 aromatic rings. The molecule has 9 heteroatoms. The Hall–Kier alpha value is -3.46. The fourth-order valence-corrected chi connectivity index (χ4v) is 4.61. The molecule has 0 unspecified atom stereocenters. The number of esters is 2. The number of thiazole rings is 1. The van der Waals surface area contributed by atoms with Crippen LogP contribution in [0, 0.1) is 0 Å².